The zero-order valence-corrected chi connectivity index (χ0v) is 60.7. The summed E-state index contributed by atoms with van der Waals surface area (Å²) in [6.07, 6.45) is -0.245. The molecule has 5 aliphatic carbocycles. The van der Waals surface area contributed by atoms with E-state index in [0.717, 1.165) is 24.3 Å². The summed E-state index contributed by atoms with van der Waals surface area (Å²) in [6.45, 7) is 12.1. The molecule has 30 heteroatoms. The topological polar surface area (TPSA) is 487 Å². The highest BCUT2D eigenvalue weighted by Crippen LogP contribution is 2.58. The molecule has 6 heterocycles. The normalized spacial score (nSPS) is 41.1. The predicted molar refractivity (Wildman–Crippen MR) is 369 cm³/mol. The zero-order valence-electron chi connectivity index (χ0n) is 60.7. The molecule has 22 unspecified atom stereocenters. The Balaban J connectivity index is 1.08. The van der Waals surface area contributed by atoms with Gasteiger partial charge in [-0.3, -0.25) is 28.8 Å². The average Bonchev–Trinajstić information content (AvgIpc) is 1.55. The first-order valence-corrected chi connectivity index (χ1v) is 35.2. The van der Waals surface area contributed by atoms with Crippen LogP contribution in [0.5, 0.6) is 0 Å². The van der Waals surface area contributed by atoms with Crippen molar-refractivity contribution in [3.05, 3.63) is 164 Å². The van der Waals surface area contributed by atoms with E-state index in [0.29, 0.717) is 23.7 Å². The van der Waals surface area contributed by atoms with Crippen LogP contribution in [0.2, 0.25) is 0 Å². The van der Waals surface area contributed by atoms with E-state index in [1.165, 1.54) is 102 Å². The molecule has 0 saturated carbocycles. The van der Waals surface area contributed by atoms with Gasteiger partial charge < -0.3 is 99.2 Å². The first kappa shape index (κ1) is 80.0. The smallest absolute Gasteiger partial charge is 0.346 e. The Morgan fingerprint density at radius 3 is 1.04 bits per heavy atom. The standard InChI is InChI=1S/C78H88O30/c1-35-13-11-17-71(7)27-43(33-101-69-59(91)57(89)55(87)47(31-81)103-69)39(5)23-75(71)61(93)49(65(97)105-75)46(84)16-20-74(10)26-42(30-80)38(4)22-78(74)64(96)52(68(100)108-78)54(86)36(2)14-12-18-72(8)28-44(34-102-70-60(92)58(90)56(88)48(32-82)104-70)40(6)24-76(72)62(94)50(66(98)106-76)45(83)15-19-73(9)25-41(29-79)37(3)21-77(73)63(95)51(53(35)85)67(99)107-77/h11-20,25-30,37-40,47-48,55-60,69-70,81-92H,21-24,31-34H2,1-10H3. The van der Waals surface area contributed by atoms with Crippen LogP contribution < -0.4 is 0 Å². The molecule has 0 aromatic carbocycles. The molecule has 11 rings (SSSR count). The fraction of sp³-hybridized carbons (Fsp3) is 0.513. The van der Waals surface area contributed by atoms with Gasteiger partial charge in [0.25, 0.3) is 0 Å². The van der Waals surface area contributed by atoms with E-state index in [1.807, 2.05) is 0 Å². The quantitative estimate of drug-likeness (QED) is 0.0492. The summed E-state index contributed by atoms with van der Waals surface area (Å²) in [7, 11) is 0. The van der Waals surface area contributed by atoms with Gasteiger partial charge in [-0.2, -0.15) is 0 Å². The average molecular weight is 1510 g/mol. The Morgan fingerprint density at radius 2 is 0.722 bits per heavy atom. The summed E-state index contributed by atoms with van der Waals surface area (Å²) in [4.78, 5) is 145. The summed E-state index contributed by atoms with van der Waals surface area (Å²) in [5.41, 5.74) is -20.0. The van der Waals surface area contributed by atoms with Crippen LogP contribution in [0.15, 0.2) is 164 Å². The molecule has 8 bridgehead atoms. The monoisotopic (exact) mass is 1500 g/mol. The molecule has 11 aliphatic rings. The minimum absolute atomic E-state index is 0.0877. The number of aliphatic hydroxyl groups is 12. The van der Waals surface area contributed by atoms with Gasteiger partial charge in [0, 0.05) is 25.7 Å². The number of hydrogen-bond acceptors (Lipinski definition) is 30. The van der Waals surface area contributed by atoms with Gasteiger partial charge in [-0.15, -0.1) is 0 Å². The molecular formula is C78H88O30. The summed E-state index contributed by atoms with van der Waals surface area (Å²) < 4.78 is 47.4. The Kier molecular flexibility index (Phi) is 21.3. The van der Waals surface area contributed by atoms with E-state index in [-0.39, 0.29) is 35.1 Å². The first-order chi connectivity index (χ1) is 50.6. The van der Waals surface area contributed by atoms with E-state index in [1.54, 1.807) is 27.7 Å². The number of Topliss-reactive ketones (excluding diaryl/α,β-unsaturated/α-hetero) is 4. The molecule has 0 radical (unpaired) electrons. The molecule has 6 saturated heterocycles. The second-order valence-electron chi connectivity index (χ2n) is 30.8. The Hall–Kier alpha value is -9.02. The molecule has 6 aliphatic heterocycles. The van der Waals surface area contributed by atoms with Crippen molar-refractivity contribution in [2.24, 2.45) is 45.3 Å². The van der Waals surface area contributed by atoms with Crippen LogP contribution in [-0.4, -0.2) is 231 Å². The van der Waals surface area contributed by atoms with Gasteiger partial charge in [0.2, 0.25) is 23.1 Å². The molecule has 4 spiro atoms. The van der Waals surface area contributed by atoms with Crippen LogP contribution in [0.25, 0.3) is 0 Å². The fourth-order valence-electron chi connectivity index (χ4n) is 16.8. The third-order valence-electron chi connectivity index (χ3n) is 23.7. The maximum Gasteiger partial charge on any atom is 0.346 e. The maximum absolute atomic E-state index is 15.5. The van der Waals surface area contributed by atoms with Crippen LogP contribution in [0.1, 0.15) is 94.9 Å². The Bertz CT molecular complexity index is 4100. The molecule has 0 amide bonds. The number of carbonyl (C=O) groups is 10. The highest BCUT2D eigenvalue weighted by atomic mass is 16.7. The lowest BCUT2D eigenvalue weighted by Crippen LogP contribution is -2.59. The molecule has 22 atom stereocenters. The van der Waals surface area contributed by atoms with Crippen LogP contribution >= 0.6 is 0 Å². The van der Waals surface area contributed by atoms with E-state index in [2.05, 4.69) is 0 Å². The number of fused-ring (bicyclic) bond motifs is 4. The Labute approximate surface area is 618 Å². The predicted octanol–water partition coefficient (Wildman–Crippen LogP) is 2.75. The number of rotatable bonds is 10. The van der Waals surface area contributed by atoms with Crippen LogP contribution in [0, 0.1) is 45.3 Å². The largest absolute Gasteiger partial charge is 0.507 e. The van der Waals surface area contributed by atoms with Crippen molar-refractivity contribution in [1.82, 2.24) is 0 Å². The van der Waals surface area contributed by atoms with Gasteiger partial charge in [0.1, 0.15) is 107 Å². The van der Waals surface area contributed by atoms with Crippen molar-refractivity contribution < 1.29 is 147 Å². The molecule has 580 valence electrons. The van der Waals surface area contributed by atoms with E-state index >= 15 is 19.2 Å². The van der Waals surface area contributed by atoms with E-state index in [9.17, 15) is 90.0 Å². The number of hydrogen-bond donors (Lipinski definition) is 12. The third-order valence-corrected chi connectivity index (χ3v) is 23.7. The van der Waals surface area contributed by atoms with Crippen molar-refractivity contribution in [3.8, 4) is 0 Å². The van der Waals surface area contributed by atoms with Crippen molar-refractivity contribution in [2.75, 3.05) is 26.4 Å². The van der Waals surface area contributed by atoms with Crippen molar-refractivity contribution in [2.45, 2.75) is 179 Å². The lowest BCUT2D eigenvalue weighted by atomic mass is 9.60. The molecule has 6 fully saturated rings. The van der Waals surface area contributed by atoms with Crippen molar-refractivity contribution in [1.29, 1.82) is 0 Å². The number of carbonyl (C=O) groups excluding carboxylic acids is 10. The lowest BCUT2D eigenvalue weighted by Gasteiger charge is -2.46. The lowest BCUT2D eigenvalue weighted by molar-refractivity contribution is -0.299. The summed E-state index contributed by atoms with van der Waals surface area (Å²) in [5, 5.41) is 132. The Morgan fingerprint density at radius 1 is 0.426 bits per heavy atom. The van der Waals surface area contributed by atoms with Gasteiger partial charge >= 0.3 is 23.9 Å². The number of allylic oxidation sites excluding steroid dienone is 10. The summed E-state index contributed by atoms with van der Waals surface area (Å²) in [6, 6.07) is 0. The fourth-order valence-corrected chi connectivity index (χ4v) is 16.8. The summed E-state index contributed by atoms with van der Waals surface area (Å²) >= 11 is 0. The maximum atomic E-state index is 15.5. The van der Waals surface area contributed by atoms with Gasteiger partial charge in [0.05, 0.1) is 48.1 Å². The molecular weight excluding hydrogens is 1420 g/mol. The van der Waals surface area contributed by atoms with Crippen LogP contribution in [0.4, 0.5) is 0 Å². The molecule has 12 N–H and O–H groups in total. The number of esters is 4. The van der Waals surface area contributed by atoms with Gasteiger partial charge in [-0.1, -0.05) is 101 Å². The summed E-state index contributed by atoms with van der Waals surface area (Å²) in [5.74, 6) is -17.0. The SMILES string of the molecule is CC1=CC=CC2(C)C=C(COC3OC(CO)C(O)C(O)C3O)C(C)CC23OC(=O)C(=C(O)C=CC2(C)C=C(C=O)C(C)CC24OC(=O)C(=C(O)C(C)=CC=CC2(C)C=C(COC5OC(CO)C(O)C(O)C5O)C(C)CC25OC(=O)C(=C(O)C=CC2(C)C=C(C=O)C(C)CC26OC(=O)C(=C1O)C6=O)C5=O)C4=O)C3=O. The number of aldehydes is 2. The molecule has 108 heavy (non-hydrogen) atoms. The highest BCUT2D eigenvalue weighted by Gasteiger charge is 2.69. The minimum Gasteiger partial charge on any atom is -0.507 e. The molecule has 0 aromatic rings. The highest BCUT2D eigenvalue weighted by molar-refractivity contribution is 6.29. The van der Waals surface area contributed by atoms with Crippen molar-refractivity contribution >= 4 is 59.6 Å². The number of ketones is 4. The number of ether oxygens (including phenoxy) is 8. The second-order valence-corrected chi connectivity index (χ2v) is 30.8. The van der Waals surface area contributed by atoms with Crippen molar-refractivity contribution in [3.63, 3.8) is 0 Å². The van der Waals surface area contributed by atoms with Gasteiger partial charge in [0.15, 0.2) is 35.0 Å². The van der Waals surface area contributed by atoms with Gasteiger partial charge in [-0.25, -0.2) is 19.2 Å². The van der Waals surface area contributed by atoms with Crippen LogP contribution in [-0.2, 0) is 85.8 Å². The second kappa shape index (κ2) is 28.8. The third kappa shape index (κ3) is 12.5. The zero-order chi connectivity index (χ0) is 79.4. The first-order valence-electron chi connectivity index (χ1n) is 35.2. The van der Waals surface area contributed by atoms with Gasteiger partial charge in [-0.05, 0) is 111 Å². The number of aliphatic hydroxyl groups excluding tert-OH is 12. The van der Waals surface area contributed by atoms with Crippen LogP contribution in [0.3, 0.4) is 0 Å². The van der Waals surface area contributed by atoms with E-state index in [4.69, 9.17) is 37.9 Å². The minimum atomic E-state index is -2.33. The molecule has 0 aromatic heterocycles. The van der Waals surface area contributed by atoms with E-state index < -0.39 is 261 Å². The molecule has 30 nitrogen and oxygen atoms in total.